The number of rotatable bonds is 8. The van der Waals surface area contributed by atoms with Gasteiger partial charge in [-0.2, -0.15) is 0 Å². The molecule has 0 saturated carbocycles. The van der Waals surface area contributed by atoms with Crippen molar-refractivity contribution in [3.63, 3.8) is 0 Å². The first-order valence-electron chi connectivity index (χ1n) is 13.7. The van der Waals surface area contributed by atoms with Gasteiger partial charge in [-0.25, -0.2) is 4.79 Å². The van der Waals surface area contributed by atoms with Crippen LogP contribution in [0.25, 0.3) is 0 Å². The van der Waals surface area contributed by atoms with Gasteiger partial charge in [0.15, 0.2) is 6.79 Å². The molecular formula is C30H39N3O8. The number of hydrogen-bond acceptors (Lipinski definition) is 8. The lowest BCUT2D eigenvalue weighted by Crippen LogP contribution is -2.54. The van der Waals surface area contributed by atoms with Crippen molar-refractivity contribution >= 4 is 17.9 Å². The average Bonchev–Trinajstić information content (AvgIpc) is 2.97. The van der Waals surface area contributed by atoms with Gasteiger partial charge in [-0.1, -0.05) is 6.07 Å². The number of morpholine rings is 1. The molecule has 222 valence electrons. The number of carbonyl (C=O) groups excluding carboxylic acids is 3. The number of amides is 3. The summed E-state index contributed by atoms with van der Waals surface area (Å²) >= 11 is 0. The number of aliphatic hydroxyl groups excluding tert-OH is 1. The average molecular weight is 570 g/mol. The third-order valence-corrected chi connectivity index (χ3v) is 6.93. The minimum Gasteiger partial charge on any atom is -0.468 e. The highest BCUT2D eigenvalue weighted by molar-refractivity contribution is 5.97. The molecule has 2 N–H and O–H groups in total. The molecule has 0 spiro atoms. The maximum absolute atomic E-state index is 13.2. The molecular weight excluding hydrogens is 530 g/mol. The molecule has 11 heteroatoms. The minimum atomic E-state index is -1.06. The van der Waals surface area contributed by atoms with Crippen molar-refractivity contribution in [1.29, 1.82) is 0 Å². The summed E-state index contributed by atoms with van der Waals surface area (Å²) in [5.41, 5.74) is 1.97. The first-order valence-corrected chi connectivity index (χ1v) is 13.7. The molecule has 2 heterocycles. The Kier molecular flexibility index (Phi) is 9.85. The zero-order chi connectivity index (χ0) is 29.6. The van der Waals surface area contributed by atoms with E-state index in [9.17, 15) is 19.5 Å². The Bertz CT molecular complexity index is 1220. The maximum Gasteiger partial charge on any atom is 0.410 e. The van der Waals surface area contributed by atoms with E-state index in [-0.39, 0.29) is 25.8 Å². The van der Waals surface area contributed by atoms with Gasteiger partial charge in [0.2, 0.25) is 0 Å². The van der Waals surface area contributed by atoms with Crippen molar-refractivity contribution in [2.75, 3.05) is 46.8 Å². The quantitative estimate of drug-likeness (QED) is 0.465. The zero-order valence-corrected chi connectivity index (χ0v) is 24.1. The van der Waals surface area contributed by atoms with Crippen LogP contribution in [0.1, 0.15) is 52.6 Å². The first-order chi connectivity index (χ1) is 19.6. The number of hydrogen-bond donors (Lipinski definition) is 2. The van der Waals surface area contributed by atoms with E-state index in [4.69, 9.17) is 18.9 Å². The Labute approximate surface area is 240 Å². The van der Waals surface area contributed by atoms with Crippen LogP contribution in [0.5, 0.6) is 5.75 Å². The van der Waals surface area contributed by atoms with Crippen LogP contribution in [0.2, 0.25) is 0 Å². The van der Waals surface area contributed by atoms with Gasteiger partial charge in [0.1, 0.15) is 11.4 Å². The highest BCUT2D eigenvalue weighted by atomic mass is 16.7. The topological polar surface area (TPSA) is 127 Å². The van der Waals surface area contributed by atoms with Crippen LogP contribution in [0, 0.1) is 0 Å². The van der Waals surface area contributed by atoms with Gasteiger partial charge in [0, 0.05) is 44.4 Å². The number of fused-ring (bicyclic) bond motifs is 1. The number of benzene rings is 2. The van der Waals surface area contributed by atoms with Gasteiger partial charge in [0.25, 0.3) is 11.8 Å². The van der Waals surface area contributed by atoms with Crippen molar-refractivity contribution in [3.8, 4) is 5.75 Å². The van der Waals surface area contributed by atoms with Crippen LogP contribution in [-0.2, 0) is 27.2 Å². The summed E-state index contributed by atoms with van der Waals surface area (Å²) < 4.78 is 21.5. The van der Waals surface area contributed by atoms with Crippen molar-refractivity contribution in [1.82, 2.24) is 15.1 Å². The van der Waals surface area contributed by atoms with Crippen molar-refractivity contribution in [2.45, 2.75) is 51.5 Å². The SMILES string of the molecule is COCOc1ccc2c(c1)CN(C(=O)OC(C)(C)C)[C@H]([C@H](O)CNC(=O)c1ccc(C(=O)N3CCOCC3)cc1)C2. The molecule has 41 heavy (non-hydrogen) atoms. The predicted molar refractivity (Wildman–Crippen MR) is 150 cm³/mol. The summed E-state index contributed by atoms with van der Waals surface area (Å²) in [7, 11) is 1.54. The molecule has 1 fully saturated rings. The van der Waals surface area contributed by atoms with Crippen molar-refractivity contribution in [3.05, 3.63) is 64.7 Å². The molecule has 0 aromatic heterocycles. The van der Waals surface area contributed by atoms with Gasteiger partial charge in [0.05, 0.1) is 25.4 Å². The lowest BCUT2D eigenvalue weighted by Gasteiger charge is -2.40. The van der Waals surface area contributed by atoms with Gasteiger partial charge >= 0.3 is 6.09 Å². The molecule has 4 rings (SSSR count). The molecule has 0 radical (unpaired) electrons. The molecule has 2 aliphatic heterocycles. The molecule has 0 bridgehead atoms. The van der Waals surface area contributed by atoms with E-state index in [2.05, 4.69) is 5.32 Å². The summed E-state index contributed by atoms with van der Waals surface area (Å²) in [6, 6.07) is 11.4. The van der Waals surface area contributed by atoms with E-state index in [1.807, 2.05) is 18.2 Å². The van der Waals surface area contributed by atoms with E-state index < -0.39 is 29.7 Å². The Morgan fingerprint density at radius 1 is 1.05 bits per heavy atom. The highest BCUT2D eigenvalue weighted by Gasteiger charge is 2.37. The maximum atomic E-state index is 13.2. The fourth-order valence-corrected chi connectivity index (χ4v) is 4.81. The summed E-state index contributed by atoms with van der Waals surface area (Å²) in [5.74, 6) is 0.112. The van der Waals surface area contributed by atoms with Crippen LogP contribution in [0.4, 0.5) is 4.79 Å². The minimum absolute atomic E-state index is 0.0817. The number of ether oxygens (including phenoxy) is 4. The molecule has 1 saturated heterocycles. The van der Waals surface area contributed by atoms with E-state index >= 15 is 0 Å². The summed E-state index contributed by atoms with van der Waals surface area (Å²) in [5, 5.41) is 13.9. The van der Waals surface area contributed by atoms with Crippen LogP contribution >= 0.6 is 0 Å². The molecule has 2 atom stereocenters. The summed E-state index contributed by atoms with van der Waals surface area (Å²) in [6.07, 6.45) is -1.25. The van der Waals surface area contributed by atoms with Gasteiger partial charge < -0.3 is 34.3 Å². The van der Waals surface area contributed by atoms with Crippen molar-refractivity contribution < 1.29 is 38.4 Å². The smallest absolute Gasteiger partial charge is 0.410 e. The number of aliphatic hydroxyl groups is 1. The fraction of sp³-hybridized carbons (Fsp3) is 0.500. The Hall–Kier alpha value is -3.67. The normalized spacial score (nSPS) is 17.8. The van der Waals surface area contributed by atoms with Crippen molar-refractivity contribution in [2.24, 2.45) is 0 Å². The number of methoxy groups -OCH3 is 1. The van der Waals surface area contributed by atoms with Crippen LogP contribution in [0.15, 0.2) is 42.5 Å². The molecule has 2 aromatic carbocycles. The van der Waals surface area contributed by atoms with E-state index in [1.165, 1.54) is 12.0 Å². The lowest BCUT2D eigenvalue weighted by atomic mass is 9.91. The number of carbonyl (C=O) groups is 3. The fourth-order valence-electron chi connectivity index (χ4n) is 4.81. The molecule has 11 nitrogen and oxygen atoms in total. The number of nitrogens with zero attached hydrogens (tertiary/aromatic N) is 2. The lowest BCUT2D eigenvalue weighted by molar-refractivity contribution is -0.0114. The largest absolute Gasteiger partial charge is 0.468 e. The highest BCUT2D eigenvalue weighted by Crippen LogP contribution is 2.30. The molecule has 2 aliphatic rings. The summed E-state index contributed by atoms with van der Waals surface area (Å²) in [6.45, 7) is 7.67. The van der Waals surface area contributed by atoms with Crippen LogP contribution in [0.3, 0.4) is 0 Å². The molecule has 0 aliphatic carbocycles. The third kappa shape index (κ3) is 7.96. The zero-order valence-electron chi connectivity index (χ0n) is 24.1. The molecule has 0 unspecified atom stereocenters. The third-order valence-electron chi connectivity index (χ3n) is 6.93. The van der Waals surface area contributed by atoms with E-state index in [0.717, 1.165) is 11.1 Å². The monoisotopic (exact) mass is 569 g/mol. The standard InChI is InChI=1S/C30H39N3O8/c1-30(2,3)41-29(37)33-18-23-15-24(40-19-38-4)10-9-22(23)16-25(33)26(34)17-31-27(35)20-5-7-21(8-6-20)28(36)32-11-13-39-14-12-32/h5-10,15,25-26,34H,11-14,16-19H2,1-4H3,(H,31,35)/t25-,26+/m0/s1. The van der Waals surface area contributed by atoms with Gasteiger partial charge in [-0.15, -0.1) is 0 Å². The number of nitrogens with one attached hydrogen (secondary N) is 1. The van der Waals surface area contributed by atoms with Gasteiger partial charge in [-0.3, -0.25) is 14.5 Å². The molecule has 3 amide bonds. The Balaban J connectivity index is 1.42. The Morgan fingerprint density at radius 2 is 1.73 bits per heavy atom. The summed E-state index contributed by atoms with van der Waals surface area (Å²) in [4.78, 5) is 41.9. The predicted octanol–water partition coefficient (Wildman–Crippen LogP) is 2.59. The second kappa shape index (κ2) is 13.3. The van der Waals surface area contributed by atoms with Crippen LogP contribution in [-0.4, -0.2) is 97.3 Å². The van der Waals surface area contributed by atoms with E-state index in [1.54, 1.807) is 49.9 Å². The Morgan fingerprint density at radius 3 is 2.39 bits per heavy atom. The first kappa shape index (κ1) is 30.3. The second-order valence-corrected chi connectivity index (χ2v) is 11.1. The second-order valence-electron chi connectivity index (χ2n) is 11.1. The van der Waals surface area contributed by atoms with Crippen LogP contribution < -0.4 is 10.1 Å². The molecule has 2 aromatic rings. The van der Waals surface area contributed by atoms with E-state index in [0.29, 0.717) is 49.6 Å². The van der Waals surface area contributed by atoms with Gasteiger partial charge in [-0.05, 0) is 74.7 Å².